The second-order valence-electron chi connectivity index (χ2n) is 4.67. The molecule has 0 aromatic carbocycles. The third kappa shape index (κ3) is 9.16. The number of rotatable bonds is 11. The minimum atomic E-state index is -0.136. The smallest absolute Gasteiger partial charge is 0.224 e. The monoisotopic (exact) mass is 243 g/mol. The Labute approximate surface area is 106 Å². The summed E-state index contributed by atoms with van der Waals surface area (Å²) < 4.78 is 0. The molecule has 1 N–H and O–H groups in total. The van der Waals surface area contributed by atoms with Gasteiger partial charge >= 0.3 is 0 Å². The number of amides is 1. The zero-order valence-electron chi connectivity index (χ0n) is 11.6. The number of unbranched alkanes of at least 4 members (excludes halogenated alkanes) is 6. The lowest BCUT2D eigenvalue weighted by atomic mass is 10.1. The number of aliphatic hydroxyl groups is 1. The van der Waals surface area contributed by atoms with Crippen molar-refractivity contribution in [3.63, 3.8) is 0 Å². The van der Waals surface area contributed by atoms with Crippen molar-refractivity contribution in [2.75, 3.05) is 13.3 Å². The van der Waals surface area contributed by atoms with Crippen LogP contribution in [0, 0.1) is 0 Å². The van der Waals surface area contributed by atoms with E-state index in [-0.39, 0.29) is 12.6 Å². The molecule has 0 aliphatic heterocycles. The molecule has 0 rings (SSSR count). The molecule has 0 radical (unpaired) electrons. The van der Waals surface area contributed by atoms with Crippen LogP contribution in [0.2, 0.25) is 0 Å². The molecule has 0 aliphatic rings. The van der Waals surface area contributed by atoms with Gasteiger partial charge in [0.25, 0.3) is 0 Å². The van der Waals surface area contributed by atoms with Gasteiger partial charge in [-0.3, -0.25) is 4.79 Å². The molecule has 0 aromatic heterocycles. The highest BCUT2D eigenvalue weighted by Crippen LogP contribution is 2.09. The molecule has 0 unspecified atom stereocenters. The van der Waals surface area contributed by atoms with Gasteiger partial charge in [0.05, 0.1) is 0 Å². The van der Waals surface area contributed by atoms with Crippen LogP contribution in [0.25, 0.3) is 0 Å². The highest BCUT2D eigenvalue weighted by atomic mass is 16.3. The minimum Gasteiger partial charge on any atom is -0.376 e. The Balaban J connectivity index is 3.43. The van der Waals surface area contributed by atoms with Gasteiger partial charge in [-0.2, -0.15) is 0 Å². The fourth-order valence-corrected chi connectivity index (χ4v) is 1.94. The first kappa shape index (κ1) is 16.4. The molecule has 0 heterocycles. The van der Waals surface area contributed by atoms with Gasteiger partial charge in [-0.25, -0.2) is 0 Å². The maximum atomic E-state index is 11.7. The summed E-state index contributed by atoms with van der Waals surface area (Å²) in [7, 11) is 0. The largest absolute Gasteiger partial charge is 0.376 e. The second kappa shape index (κ2) is 11.9. The third-order valence-electron chi connectivity index (χ3n) is 3.01. The molecule has 0 saturated carbocycles. The predicted molar refractivity (Wildman–Crippen MR) is 71.7 cm³/mol. The van der Waals surface area contributed by atoms with Crippen LogP contribution in [0.4, 0.5) is 0 Å². The first-order chi connectivity index (χ1) is 8.26. The fourth-order valence-electron chi connectivity index (χ4n) is 1.94. The highest BCUT2D eigenvalue weighted by Gasteiger charge is 2.10. The van der Waals surface area contributed by atoms with Crippen molar-refractivity contribution < 1.29 is 9.90 Å². The van der Waals surface area contributed by atoms with Gasteiger partial charge in [-0.1, -0.05) is 52.4 Å². The van der Waals surface area contributed by atoms with Crippen molar-refractivity contribution in [2.24, 2.45) is 0 Å². The standard InChI is InChI=1S/C14H29NO2/c1-3-5-6-7-8-9-10-11-14(17)15(13-16)12-4-2/h16H,3-13H2,1-2H3. The van der Waals surface area contributed by atoms with E-state index in [1.165, 1.54) is 37.0 Å². The van der Waals surface area contributed by atoms with Gasteiger partial charge in [-0.05, 0) is 12.8 Å². The molecule has 0 atom stereocenters. The van der Waals surface area contributed by atoms with E-state index in [2.05, 4.69) is 6.92 Å². The summed E-state index contributed by atoms with van der Waals surface area (Å²) >= 11 is 0. The molecule has 3 heteroatoms. The lowest BCUT2D eigenvalue weighted by Crippen LogP contribution is -2.32. The topological polar surface area (TPSA) is 40.5 Å². The molecule has 0 spiro atoms. The first-order valence-electron chi connectivity index (χ1n) is 7.14. The maximum Gasteiger partial charge on any atom is 0.224 e. The van der Waals surface area contributed by atoms with E-state index in [1.54, 1.807) is 0 Å². The van der Waals surface area contributed by atoms with E-state index in [0.717, 1.165) is 19.3 Å². The molecular formula is C14H29NO2. The summed E-state index contributed by atoms with van der Waals surface area (Å²) in [6.45, 7) is 4.77. The van der Waals surface area contributed by atoms with Crippen LogP contribution in [0.3, 0.4) is 0 Å². The number of hydrogen-bond acceptors (Lipinski definition) is 2. The van der Waals surface area contributed by atoms with Crippen molar-refractivity contribution in [1.82, 2.24) is 4.90 Å². The molecule has 3 nitrogen and oxygen atoms in total. The molecule has 1 amide bonds. The van der Waals surface area contributed by atoms with Crippen LogP contribution in [0.1, 0.15) is 71.6 Å². The molecular weight excluding hydrogens is 214 g/mol. The Morgan fingerprint density at radius 1 is 0.941 bits per heavy atom. The molecule has 0 aliphatic carbocycles. The van der Waals surface area contributed by atoms with Crippen molar-refractivity contribution >= 4 is 5.91 Å². The van der Waals surface area contributed by atoms with Crippen molar-refractivity contribution in [1.29, 1.82) is 0 Å². The zero-order valence-corrected chi connectivity index (χ0v) is 11.6. The van der Waals surface area contributed by atoms with E-state index in [4.69, 9.17) is 5.11 Å². The fraction of sp³-hybridized carbons (Fsp3) is 0.929. The molecule has 0 aromatic rings. The minimum absolute atomic E-state index is 0.0999. The average Bonchev–Trinajstić information content (AvgIpc) is 2.34. The number of carbonyl (C=O) groups is 1. The van der Waals surface area contributed by atoms with Crippen LogP contribution < -0.4 is 0 Å². The van der Waals surface area contributed by atoms with Gasteiger partial charge in [0, 0.05) is 13.0 Å². The summed E-state index contributed by atoms with van der Waals surface area (Å²) in [6.07, 6.45) is 10.1. The van der Waals surface area contributed by atoms with Gasteiger partial charge in [-0.15, -0.1) is 0 Å². The summed E-state index contributed by atoms with van der Waals surface area (Å²) in [6, 6.07) is 0. The Bertz CT molecular complexity index is 183. The molecule has 17 heavy (non-hydrogen) atoms. The first-order valence-corrected chi connectivity index (χ1v) is 7.14. The highest BCUT2D eigenvalue weighted by molar-refractivity contribution is 5.75. The Kier molecular flexibility index (Phi) is 11.5. The molecule has 0 saturated heterocycles. The Morgan fingerprint density at radius 3 is 2.06 bits per heavy atom. The summed E-state index contributed by atoms with van der Waals surface area (Å²) in [5.41, 5.74) is 0. The van der Waals surface area contributed by atoms with Gasteiger partial charge in [0.2, 0.25) is 5.91 Å². The number of carbonyl (C=O) groups excluding carboxylic acids is 1. The van der Waals surface area contributed by atoms with E-state index >= 15 is 0 Å². The number of hydrogen-bond donors (Lipinski definition) is 1. The van der Waals surface area contributed by atoms with Crippen molar-refractivity contribution in [2.45, 2.75) is 71.6 Å². The normalized spacial score (nSPS) is 10.5. The van der Waals surface area contributed by atoms with Crippen molar-refractivity contribution in [3.05, 3.63) is 0 Å². The van der Waals surface area contributed by atoms with E-state index in [0.29, 0.717) is 13.0 Å². The zero-order chi connectivity index (χ0) is 12.9. The van der Waals surface area contributed by atoms with Crippen LogP contribution >= 0.6 is 0 Å². The van der Waals surface area contributed by atoms with E-state index in [9.17, 15) is 4.79 Å². The lowest BCUT2D eigenvalue weighted by molar-refractivity contribution is -0.135. The maximum absolute atomic E-state index is 11.7. The molecule has 102 valence electrons. The third-order valence-corrected chi connectivity index (χ3v) is 3.01. The quantitative estimate of drug-likeness (QED) is 0.447. The van der Waals surface area contributed by atoms with Crippen LogP contribution in [0.5, 0.6) is 0 Å². The Morgan fingerprint density at radius 2 is 1.53 bits per heavy atom. The van der Waals surface area contributed by atoms with Gasteiger partial charge < -0.3 is 10.0 Å². The SMILES string of the molecule is CCCCCCCCCC(=O)N(CO)CCC. The van der Waals surface area contributed by atoms with E-state index in [1.807, 2.05) is 6.92 Å². The van der Waals surface area contributed by atoms with Crippen LogP contribution in [-0.4, -0.2) is 29.2 Å². The average molecular weight is 243 g/mol. The lowest BCUT2D eigenvalue weighted by Gasteiger charge is -2.18. The summed E-state index contributed by atoms with van der Waals surface area (Å²) in [5, 5.41) is 9.03. The number of nitrogens with zero attached hydrogens (tertiary/aromatic N) is 1. The Hall–Kier alpha value is -0.570. The second-order valence-corrected chi connectivity index (χ2v) is 4.67. The summed E-state index contributed by atoms with van der Waals surface area (Å²) in [4.78, 5) is 13.2. The van der Waals surface area contributed by atoms with Gasteiger partial charge in [0.1, 0.15) is 6.73 Å². The van der Waals surface area contributed by atoms with Crippen LogP contribution in [-0.2, 0) is 4.79 Å². The number of aliphatic hydroxyl groups excluding tert-OH is 1. The summed E-state index contributed by atoms with van der Waals surface area (Å²) in [5.74, 6) is 0.0999. The van der Waals surface area contributed by atoms with Gasteiger partial charge in [0.15, 0.2) is 0 Å². The van der Waals surface area contributed by atoms with Crippen molar-refractivity contribution in [3.8, 4) is 0 Å². The molecule has 0 fully saturated rings. The molecule has 0 bridgehead atoms. The van der Waals surface area contributed by atoms with Crippen LogP contribution in [0.15, 0.2) is 0 Å². The predicted octanol–water partition coefficient (Wildman–Crippen LogP) is 3.32. The van der Waals surface area contributed by atoms with E-state index < -0.39 is 0 Å².